The molecule has 0 atom stereocenters. The Kier molecular flexibility index (Phi) is 2.46. The van der Waals surface area contributed by atoms with Gasteiger partial charge in [-0.2, -0.15) is 0 Å². The summed E-state index contributed by atoms with van der Waals surface area (Å²) in [6.45, 7) is 3.95. The average Bonchev–Trinajstić information content (AvgIpc) is 2.03. The lowest BCUT2D eigenvalue weighted by atomic mass is 10.1. The Morgan fingerprint density at radius 3 is 2.40 bits per heavy atom. The molecule has 0 unspecified atom stereocenters. The van der Waals surface area contributed by atoms with E-state index in [1.165, 1.54) is 12.7 Å². The molecule has 82 valence electrons. The van der Waals surface area contributed by atoms with Gasteiger partial charge in [-0.15, -0.1) is 0 Å². The molecule has 0 aliphatic carbocycles. The van der Waals surface area contributed by atoms with Crippen LogP contribution in [-0.2, 0) is 9.84 Å². The van der Waals surface area contributed by atoms with Crippen LogP contribution in [0.3, 0.4) is 0 Å². The highest BCUT2D eigenvalue weighted by Gasteiger charge is 2.20. The number of sulfone groups is 1. The van der Waals surface area contributed by atoms with Gasteiger partial charge in [0.05, 0.1) is 4.90 Å². The number of hydrogen-bond acceptors (Lipinski definition) is 3. The zero-order valence-corrected chi connectivity index (χ0v) is 9.84. The largest absolute Gasteiger partial charge is 0.371 e. The summed E-state index contributed by atoms with van der Waals surface area (Å²) in [5.41, 5.74) is 1.93. The molecule has 0 radical (unpaired) electrons. The highest BCUT2D eigenvalue weighted by Crippen LogP contribution is 2.28. The van der Waals surface area contributed by atoms with Crippen LogP contribution in [0.4, 0.5) is 5.69 Å². The fourth-order valence-corrected chi connectivity index (χ4v) is 2.89. The van der Waals surface area contributed by atoms with E-state index in [0.29, 0.717) is 4.90 Å². The summed E-state index contributed by atoms with van der Waals surface area (Å²) in [6.07, 6.45) is 2.46. The van der Waals surface area contributed by atoms with Gasteiger partial charge in [-0.1, -0.05) is 6.07 Å². The van der Waals surface area contributed by atoms with Crippen LogP contribution < -0.4 is 4.90 Å². The number of nitrogens with zero attached hydrogens (tertiary/aromatic N) is 1. The van der Waals surface area contributed by atoms with Crippen LogP contribution >= 0.6 is 0 Å². The van der Waals surface area contributed by atoms with Crippen molar-refractivity contribution in [2.45, 2.75) is 18.2 Å². The Hall–Kier alpha value is -1.03. The third kappa shape index (κ3) is 1.86. The number of hydrogen-bond donors (Lipinski definition) is 0. The lowest BCUT2D eigenvalue weighted by molar-refractivity contribution is 0.599. The zero-order valence-electron chi connectivity index (χ0n) is 9.03. The van der Waals surface area contributed by atoms with Crippen LogP contribution in [-0.4, -0.2) is 27.8 Å². The highest BCUT2D eigenvalue weighted by atomic mass is 32.2. The molecule has 1 aromatic rings. The minimum Gasteiger partial charge on any atom is -0.371 e. The van der Waals surface area contributed by atoms with Crippen molar-refractivity contribution in [3.63, 3.8) is 0 Å². The first-order chi connectivity index (χ1) is 7.00. The average molecular weight is 225 g/mol. The molecule has 1 saturated heterocycles. The van der Waals surface area contributed by atoms with Gasteiger partial charge in [0, 0.05) is 25.0 Å². The number of benzene rings is 1. The number of rotatable bonds is 2. The van der Waals surface area contributed by atoms with Crippen molar-refractivity contribution in [3.8, 4) is 0 Å². The fraction of sp³-hybridized carbons (Fsp3) is 0.455. The molecule has 0 bridgehead atoms. The molecular formula is C11H15NO2S. The van der Waals surface area contributed by atoms with Crippen LogP contribution in [0.5, 0.6) is 0 Å². The lowest BCUT2D eigenvalue weighted by Gasteiger charge is -2.34. The number of anilines is 1. The van der Waals surface area contributed by atoms with Gasteiger partial charge in [-0.05, 0) is 31.0 Å². The van der Waals surface area contributed by atoms with E-state index >= 15 is 0 Å². The topological polar surface area (TPSA) is 37.4 Å². The molecule has 3 nitrogen and oxygen atoms in total. The second-order valence-corrected chi connectivity index (χ2v) is 6.00. The van der Waals surface area contributed by atoms with Gasteiger partial charge in [0.25, 0.3) is 0 Å². The predicted molar refractivity (Wildman–Crippen MR) is 61.1 cm³/mol. The van der Waals surface area contributed by atoms with Crippen LogP contribution in [0, 0.1) is 6.92 Å². The van der Waals surface area contributed by atoms with Crippen LogP contribution in [0.25, 0.3) is 0 Å². The van der Waals surface area contributed by atoms with Gasteiger partial charge < -0.3 is 4.90 Å². The summed E-state index contributed by atoms with van der Waals surface area (Å²) in [5.74, 6) is 0. The second kappa shape index (κ2) is 3.52. The fourth-order valence-electron chi connectivity index (χ4n) is 1.90. The summed E-state index contributed by atoms with van der Waals surface area (Å²) < 4.78 is 23.0. The third-order valence-corrected chi connectivity index (χ3v) is 4.09. The molecule has 15 heavy (non-hydrogen) atoms. The molecule has 0 saturated carbocycles. The van der Waals surface area contributed by atoms with Crippen LogP contribution in [0.2, 0.25) is 0 Å². The smallest absolute Gasteiger partial charge is 0.175 e. The van der Waals surface area contributed by atoms with Gasteiger partial charge in [0.1, 0.15) is 0 Å². The van der Waals surface area contributed by atoms with Gasteiger partial charge >= 0.3 is 0 Å². The molecule has 2 rings (SSSR count). The molecule has 1 heterocycles. The Morgan fingerprint density at radius 2 is 1.93 bits per heavy atom. The lowest BCUT2D eigenvalue weighted by Crippen LogP contribution is -2.37. The van der Waals surface area contributed by atoms with Gasteiger partial charge in [-0.25, -0.2) is 8.42 Å². The van der Waals surface area contributed by atoms with Gasteiger partial charge in [0.15, 0.2) is 9.84 Å². The summed E-state index contributed by atoms with van der Waals surface area (Å²) >= 11 is 0. The third-order valence-electron chi connectivity index (χ3n) is 2.85. The van der Waals surface area contributed by atoms with E-state index in [2.05, 4.69) is 4.90 Å². The quantitative estimate of drug-likeness (QED) is 0.767. The summed E-state index contributed by atoms with van der Waals surface area (Å²) in [7, 11) is -3.10. The van der Waals surface area contributed by atoms with E-state index in [0.717, 1.165) is 24.3 Å². The monoisotopic (exact) mass is 225 g/mol. The van der Waals surface area contributed by atoms with Crippen LogP contribution in [0.1, 0.15) is 12.0 Å². The van der Waals surface area contributed by atoms with Crippen molar-refractivity contribution in [3.05, 3.63) is 23.8 Å². The maximum absolute atomic E-state index is 11.5. The molecule has 1 aliphatic heterocycles. The van der Waals surface area contributed by atoms with E-state index in [1.54, 1.807) is 6.07 Å². The highest BCUT2D eigenvalue weighted by molar-refractivity contribution is 7.90. The summed E-state index contributed by atoms with van der Waals surface area (Å²) in [4.78, 5) is 2.66. The Balaban J connectivity index is 2.50. The van der Waals surface area contributed by atoms with Crippen molar-refractivity contribution in [1.29, 1.82) is 0 Å². The first-order valence-corrected chi connectivity index (χ1v) is 6.94. The standard InChI is InChI=1S/C11H15NO2S/c1-9-10(12-7-4-8-12)5-3-6-11(9)15(2,13)14/h3,5-6H,4,7-8H2,1-2H3. The SMILES string of the molecule is Cc1c(N2CCC2)cccc1S(C)(=O)=O. The van der Waals surface area contributed by atoms with Gasteiger partial charge in [-0.3, -0.25) is 0 Å². The first kappa shape index (κ1) is 10.5. The van der Waals surface area contributed by atoms with E-state index in [1.807, 2.05) is 19.1 Å². The minimum atomic E-state index is -3.10. The van der Waals surface area contributed by atoms with Crippen LogP contribution in [0.15, 0.2) is 23.1 Å². The van der Waals surface area contributed by atoms with E-state index in [9.17, 15) is 8.42 Å². The van der Waals surface area contributed by atoms with Crippen molar-refractivity contribution in [2.75, 3.05) is 24.2 Å². The Bertz CT molecular complexity index is 475. The molecule has 1 aliphatic rings. The maximum Gasteiger partial charge on any atom is 0.175 e. The molecule has 1 fully saturated rings. The van der Waals surface area contributed by atoms with Crippen molar-refractivity contribution in [1.82, 2.24) is 0 Å². The Morgan fingerprint density at radius 1 is 1.27 bits per heavy atom. The molecule has 4 heteroatoms. The zero-order chi connectivity index (χ0) is 11.1. The minimum absolute atomic E-state index is 0.451. The summed E-state index contributed by atoms with van der Waals surface area (Å²) in [6, 6.07) is 5.48. The normalized spacial score (nSPS) is 16.3. The van der Waals surface area contributed by atoms with Crippen molar-refractivity contribution in [2.24, 2.45) is 0 Å². The molecule has 0 amide bonds. The van der Waals surface area contributed by atoms with Crippen molar-refractivity contribution >= 4 is 15.5 Å². The first-order valence-electron chi connectivity index (χ1n) is 5.05. The maximum atomic E-state index is 11.5. The Labute approximate surface area is 90.6 Å². The molecular weight excluding hydrogens is 210 g/mol. The summed E-state index contributed by atoms with van der Waals surface area (Å²) in [5, 5.41) is 0. The van der Waals surface area contributed by atoms with Gasteiger partial charge in [0.2, 0.25) is 0 Å². The van der Waals surface area contributed by atoms with E-state index in [4.69, 9.17) is 0 Å². The molecule has 1 aromatic carbocycles. The van der Waals surface area contributed by atoms with E-state index < -0.39 is 9.84 Å². The predicted octanol–water partition coefficient (Wildman–Crippen LogP) is 1.61. The van der Waals surface area contributed by atoms with E-state index in [-0.39, 0.29) is 0 Å². The second-order valence-electron chi connectivity index (χ2n) is 4.01. The molecule has 0 aromatic heterocycles. The molecule has 0 spiro atoms. The van der Waals surface area contributed by atoms with Crippen molar-refractivity contribution < 1.29 is 8.42 Å². The molecule has 0 N–H and O–H groups in total.